The number of ether oxygens (including phenoxy) is 2. The third-order valence-corrected chi connectivity index (χ3v) is 4.84. The number of carbonyl (C=O) groups excluding carboxylic acids is 2. The van der Waals surface area contributed by atoms with Gasteiger partial charge in [0.1, 0.15) is 15.9 Å². The third kappa shape index (κ3) is 4.27. The maximum absolute atomic E-state index is 12.5. The first-order valence-corrected chi connectivity index (χ1v) is 8.89. The Bertz CT molecular complexity index is 990. The Morgan fingerprint density at radius 2 is 2.04 bits per heavy atom. The number of anilines is 1. The highest BCUT2D eigenvalue weighted by molar-refractivity contribution is 7.18. The van der Waals surface area contributed by atoms with Crippen LogP contribution < -0.4 is 10.1 Å². The highest BCUT2D eigenvalue weighted by atomic mass is 32.1. The molecule has 0 unspecified atom stereocenters. The van der Waals surface area contributed by atoms with Gasteiger partial charge >= 0.3 is 11.7 Å². The van der Waals surface area contributed by atoms with Crippen LogP contribution in [0.15, 0.2) is 18.2 Å². The maximum atomic E-state index is 12.5. The molecule has 0 aliphatic rings. The molecule has 0 radical (unpaired) electrons. The van der Waals surface area contributed by atoms with Crippen LogP contribution in [0.1, 0.15) is 45.0 Å². The number of nitriles is 1. The SMILES string of the molecule is COc1ccc(C(=O)Nc2sc(C(=O)OC(C)C)c(C)c2C#N)cc1[N+](=O)[O-]. The molecule has 1 aromatic heterocycles. The second-order valence-electron chi connectivity index (χ2n) is 5.92. The minimum atomic E-state index is -0.661. The molecule has 0 atom stereocenters. The fourth-order valence-corrected chi connectivity index (χ4v) is 3.38. The molecule has 10 heteroatoms. The Morgan fingerprint density at radius 3 is 2.57 bits per heavy atom. The first kappa shape index (κ1) is 20.9. The van der Waals surface area contributed by atoms with Crippen molar-refractivity contribution in [2.24, 2.45) is 0 Å². The summed E-state index contributed by atoms with van der Waals surface area (Å²) in [6.07, 6.45) is -0.336. The van der Waals surface area contributed by atoms with E-state index in [4.69, 9.17) is 9.47 Å². The number of nitro benzene ring substituents is 1. The van der Waals surface area contributed by atoms with Crippen LogP contribution in [0.25, 0.3) is 0 Å². The van der Waals surface area contributed by atoms with E-state index in [2.05, 4.69) is 5.32 Å². The summed E-state index contributed by atoms with van der Waals surface area (Å²) >= 11 is 0.914. The molecule has 28 heavy (non-hydrogen) atoms. The lowest BCUT2D eigenvalue weighted by atomic mass is 10.1. The van der Waals surface area contributed by atoms with Crippen LogP contribution in [0, 0.1) is 28.4 Å². The van der Waals surface area contributed by atoms with Crippen LogP contribution in [0.3, 0.4) is 0 Å². The Morgan fingerprint density at radius 1 is 1.36 bits per heavy atom. The molecule has 9 nitrogen and oxygen atoms in total. The number of nitro groups is 1. The van der Waals surface area contributed by atoms with Crippen LogP contribution in [-0.4, -0.2) is 30.0 Å². The van der Waals surface area contributed by atoms with Crippen molar-refractivity contribution in [1.29, 1.82) is 5.26 Å². The lowest BCUT2D eigenvalue weighted by Crippen LogP contribution is -2.12. The van der Waals surface area contributed by atoms with Crippen LogP contribution in [0.4, 0.5) is 10.7 Å². The minimum Gasteiger partial charge on any atom is -0.490 e. The molecule has 2 rings (SSSR count). The molecule has 0 aliphatic heterocycles. The van der Waals surface area contributed by atoms with Crippen molar-refractivity contribution in [3.8, 4) is 11.8 Å². The normalized spacial score (nSPS) is 10.3. The van der Waals surface area contributed by atoms with E-state index in [0.717, 1.165) is 17.4 Å². The summed E-state index contributed by atoms with van der Waals surface area (Å²) in [6.45, 7) is 4.98. The van der Waals surface area contributed by atoms with Gasteiger partial charge in [0, 0.05) is 11.6 Å². The van der Waals surface area contributed by atoms with Gasteiger partial charge in [-0.15, -0.1) is 11.3 Å². The second kappa shape index (κ2) is 8.49. The summed E-state index contributed by atoms with van der Waals surface area (Å²) in [7, 11) is 1.29. The van der Waals surface area contributed by atoms with E-state index >= 15 is 0 Å². The molecular weight excluding hydrogens is 386 g/mol. The van der Waals surface area contributed by atoms with Crippen molar-refractivity contribution in [3.05, 3.63) is 49.9 Å². The molecule has 1 N–H and O–H groups in total. The number of carbonyl (C=O) groups is 2. The van der Waals surface area contributed by atoms with Crippen molar-refractivity contribution in [3.63, 3.8) is 0 Å². The zero-order valence-electron chi connectivity index (χ0n) is 15.6. The van der Waals surface area contributed by atoms with Gasteiger partial charge in [-0.2, -0.15) is 5.26 Å². The molecule has 0 bridgehead atoms. The molecule has 0 saturated heterocycles. The van der Waals surface area contributed by atoms with E-state index in [1.165, 1.54) is 19.2 Å². The van der Waals surface area contributed by atoms with E-state index in [9.17, 15) is 25.0 Å². The molecule has 0 fully saturated rings. The van der Waals surface area contributed by atoms with E-state index in [0.29, 0.717) is 5.56 Å². The Balaban J connectivity index is 2.37. The van der Waals surface area contributed by atoms with Crippen molar-refractivity contribution in [2.75, 3.05) is 12.4 Å². The summed E-state index contributed by atoms with van der Waals surface area (Å²) in [5.41, 5.74) is 0.180. The van der Waals surface area contributed by atoms with Crippen LogP contribution in [0.2, 0.25) is 0 Å². The number of benzene rings is 1. The highest BCUT2D eigenvalue weighted by Crippen LogP contribution is 2.34. The lowest BCUT2D eigenvalue weighted by Gasteiger charge is -2.06. The van der Waals surface area contributed by atoms with Gasteiger partial charge in [0.15, 0.2) is 5.75 Å². The number of rotatable bonds is 6. The van der Waals surface area contributed by atoms with Gasteiger partial charge in [0.2, 0.25) is 0 Å². The van der Waals surface area contributed by atoms with E-state index in [1.807, 2.05) is 6.07 Å². The summed E-state index contributed by atoms with van der Waals surface area (Å²) in [4.78, 5) is 35.4. The molecule has 0 saturated carbocycles. The fourth-order valence-electron chi connectivity index (χ4n) is 2.35. The van der Waals surface area contributed by atoms with Gasteiger partial charge in [-0.3, -0.25) is 14.9 Å². The summed E-state index contributed by atoms with van der Waals surface area (Å²) in [5, 5.41) is 23.2. The number of hydrogen-bond donors (Lipinski definition) is 1. The van der Waals surface area contributed by atoms with Crippen molar-refractivity contribution >= 4 is 33.9 Å². The molecule has 2 aromatic rings. The minimum absolute atomic E-state index is 0.00810. The summed E-state index contributed by atoms with van der Waals surface area (Å²) in [6, 6.07) is 5.71. The van der Waals surface area contributed by atoms with Gasteiger partial charge < -0.3 is 14.8 Å². The summed E-state index contributed by atoms with van der Waals surface area (Å²) in [5.74, 6) is -1.23. The number of esters is 1. The quantitative estimate of drug-likeness (QED) is 0.442. The average molecular weight is 403 g/mol. The number of methoxy groups -OCH3 is 1. The standard InChI is InChI=1S/C18H17N3O6S/c1-9(2)27-18(23)15-10(3)12(8-19)17(28-15)20-16(22)11-5-6-14(26-4)13(7-11)21(24)25/h5-7,9H,1-4H3,(H,20,22). The Hall–Kier alpha value is -3.45. The smallest absolute Gasteiger partial charge is 0.348 e. The number of thiophene rings is 1. The topological polar surface area (TPSA) is 132 Å². The zero-order chi connectivity index (χ0) is 21.0. The van der Waals surface area contributed by atoms with Gasteiger partial charge in [0.05, 0.1) is 23.7 Å². The van der Waals surface area contributed by atoms with E-state index in [-0.39, 0.29) is 38.5 Å². The van der Waals surface area contributed by atoms with Gasteiger partial charge in [-0.1, -0.05) is 0 Å². The Kier molecular flexibility index (Phi) is 6.33. The molecule has 1 amide bonds. The predicted molar refractivity (Wildman–Crippen MR) is 102 cm³/mol. The summed E-state index contributed by atoms with van der Waals surface area (Å²) < 4.78 is 10.1. The van der Waals surface area contributed by atoms with Gasteiger partial charge in [0.25, 0.3) is 5.91 Å². The molecule has 1 heterocycles. The molecule has 0 aliphatic carbocycles. The largest absolute Gasteiger partial charge is 0.490 e. The van der Waals surface area contributed by atoms with Crippen molar-refractivity contribution in [1.82, 2.24) is 0 Å². The lowest BCUT2D eigenvalue weighted by molar-refractivity contribution is -0.385. The number of amides is 1. The third-order valence-electron chi connectivity index (χ3n) is 3.65. The fraction of sp³-hybridized carbons (Fsp3) is 0.278. The maximum Gasteiger partial charge on any atom is 0.348 e. The van der Waals surface area contributed by atoms with Crippen LogP contribution >= 0.6 is 11.3 Å². The van der Waals surface area contributed by atoms with Crippen molar-refractivity contribution in [2.45, 2.75) is 26.9 Å². The molecule has 0 spiro atoms. The molecule has 146 valence electrons. The van der Waals surface area contributed by atoms with Crippen molar-refractivity contribution < 1.29 is 24.0 Å². The number of hydrogen-bond acceptors (Lipinski definition) is 8. The first-order chi connectivity index (χ1) is 13.2. The molecular formula is C18H17N3O6S. The monoisotopic (exact) mass is 403 g/mol. The van der Waals surface area contributed by atoms with Gasteiger partial charge in [-0.25, -0.2) is 4.79 Å². The number of nitrogens with zero attached hydrogens (tertiary/aromatic N) is 2. The van der Waals surface area contributed by atoms with E-state index < -0.39 is 16.8 Å². The van der Waals surface area contributed by atoms with E-state index in [1.54, 1.807) is 20.8 Å². The first-order valence-electron chi connectivity index (χ1n) is 8.07. The number of nitrogens with one attached hydrogen (secondary N) is 1. The average Bonchev–Trinajstić information content (AvgIpc) is 2.95. The van der Waals surface area contributed by atoms with Gasteiger partial charge in [-0.05, 0) is 38.5 Å². The second-order valence-corrected chi connectivity index (χ2v) is 6.94. The molecule has 1 aromatic carbocycles. The Labute approximate surface area is 164 Å². The predicted octanol–water partition coefficient (Wildman–Crippen LogP) is 3.66. The van der Waals surface area contributed by atoms with Crippen LogP contribution in [0.5, 0.6) is 5.75 Å². The van der Waals surface area contributed by atoms with Crippen LogP contribution in [-0.2, 0) is 4.74 Å². The highest BCUT2D eigenvalue weighted by Gasteiger charge is 2.24. The zero-order valence-corrected chi connectivity index (χ0v) is 16.4.